The van der Waals surface area contributed by atoms with Crippen molar-refractivity contribution in [3.63, 3.8) is 0 Å². The third-order valence-corrected chi connectivity index (χ3v) is 4.44. The number of amides is 1. The molecule has 2 aromatic heterocycles. The van der Waals surface area contributed by atoms with Crippen LogP contribution in [0.5, 0.6) is 0 Å². The highest BCUT2D eigenvalue weighted by Crippen LogP contribution is 2.22. The molecule has 1 aromatic carbocycles. The van der Waals surface area contributed by atoms with E-state index >= 15 is 0 Å². The summed E-state index contributed by atoms with van der Waals surface area (Å²) in [4.78, 5) is 22.6. The van der Waals surface area contributed by atoms with Crippen molar-refractivity contribution in [1.29, 1.82) is 5.26 Å². The van der Waals surface area contributed by atoms with Crippen LogP contribution in [0, 0.1) is 17.4 Å². The third-order valence-electron chi connectivity index (χ3n) is 4.44. The summed E-state index contributed by atoms with van der Waals surface area (Å²) in [7, 11) is 0. The van der Waals surface area contributed by atoms with Crippen molar-refractivity contribution in [3.05, 3.63) is 49.1 Å². The number of nitriles is 1. The van der Waals surface area contributed by atoms with Crippen molar-refractivity contribution in [3.8, 4) is 11.9 Å². The average Bonchev–Trinajstić information content (AvgIpc) is 3.30. The number of hydrogen-bond donors (Lipinski definition) is 1. The van der Waals surface area contributed by atoms with E-state index in [2.05, 4.69) is 21.5 Å². The lowest BCUT2D eigenvalue weighted by molar-refractivity contribution is -0.119. The van der Waals surface area contributed by atoms with Crippen molar-refractivity contribution in [1.82, 2.24) is 19.4 Å². The van der Waals surface area contributed by atoms with Crippen LogP contribution in [0.4, 0.5) is 5.82 Å². The number of rotatable bonds is 3. The second-order valence-electron chi connectivity index (χ2n) is 6.03. The van der Waals surface area contributed by atoms with Gasteiger partial charge in [0, 0.05) is 24.7 Å². The van der Waals surface area contributed by atoms with E-state index in [1.165, 1.54) is 0 Å². The fourth-order valence-electron chi connectivity index (χ4n) is 3.12. The van der Waals surface area contributed by atoms with Gasteiger partial charge in [-0.25, -0.2) is 4.98 Å². The minimum absolute atomic E-state index is 0.0948. The summed E-state index contributed by atoms with van der Waals surface area (Å²) >= 11 is 0. The Morgan fingerprint density at radius 1 is 1.28 bits per heavy atom. The van der Waals surface area contributed by atoms with E-state index in [1.54, 1.807) is 23.6 Å². The number of carbonyl (C=O) groups is 1. The molecule has 0 saturated carbocycles. The smallest absolute Gasteiger partial charge is 0.230 e. The average molecular weight is 332 g/mol. The van der Waals surface area contributed by atoms with E-state index in [-0.39, 0.29) is 11.8 Å². The molecule has 4 rings (SSSR count). The summed E-state index contributed by atoms with van der Waals surface area (Å²) in [5.74, 6) is 0.232. The molecule has 0 bridgehead atoms. The summed E-state index contributed by atoms with van der Waals surface area (Å²) in [6.45, 7) is 1.10. The molecule has 1 fully saturated rings. The Hall–Kier alpha value is -3.40. The molecule has 1 saturated heterocycles. The fourth-order valence-corrected chi connectivity index (χ4v) is 3.12. The number of nitrogens with zero attached hydrogens (tertiary/aromatic N) is 5. The minimum Gasteiger partial charge on any atom is -0.310 e. The van der Waals surface area contributed by atoms with Crippen LogP contribution in [0.25, 0.3) is 16.6 Å². The maximum atomic E-state index is 12.3. The summed E-state index contributed by atoms with van der Waals surface area (Å²) < 4.78 is 1.87. The van der Waals surface area contributed by atoms with E-state index < -0.39 is 0 Å². The van der Waals surface area contributed by atoms with Crippen LogP contribution in [0.2, 0.25) is 0 Å². The van der Waals surface area contributed by atoms with Gasteiger partial charge in [0.05, 0.1) is 23.3 Å². The number of likely N-dealkylation sites (tertiary alicyclic amines) is 1. The van der Waals surface area contributed by atoms with Gasteiger partial charge >= 0.3 is 0 Å². The molecule has 1 amide bonds. The van der Waals surface area contributed by atoms with Crippen molar-refractivity contribution in [2.24, 2.45) is 5.92 Å². The molecule has 7 nitrogen and oxygen atoms in total. The first-order chi connectivity index (χ1) is 12.2. The molecule has 0 aliphatic carbocycles. The van der Waals surface area contributed by atoms with Gasteiger partial charge in [-0.2, -0.15) is 5.26 Å². The van der Waals surface area contributed by atoms with E-state index in [0.29, 0.717) is 25.3 Å². The van der Waals surface area contributed by atoms with Gasteiger partial charge in [-0.1, -0.05) is 18.2 Å². The number of benzene rings is 1. The first kappa shape index (κ1) is 15.1. The lowest BCUT2D eigenvalue weighted by Crippen LogP contribution is -2.25. The Labute approximate surface area is 144 Å². The quantitative estimate of drug-likeness (QED) is 0.743. The molecule has 1 N–H and O–H groups in total. The van der Waals surface area contributed by atoms with Gasteiger partial charge in [0.1, 0.15) is 6.33 Å². The Morgan fingerprint density at radius 2 is 2.16 bits per heavy atom. The molecule has 124 valence electrons. The summed E-state index contributed by atoms with van der Waals surface area (Å²) in [5.41, 5.74) is 1.86. The van der Waals surface area contributed by atoms with Gasteiger partial charge < -0.3 is 14.8 Å². The van der Waals surface area contributed by atoms with Gasteiger partial charge in [-0.15, -0.1) is 0 Å². The maximum absolute atomic E-state index is 12.3. The Bertz CT molecular complexity index is 968. The van der Waals surface area contributed by atoms with E-state index in [9.17, 15) is 4.79 Å². The van der Waals surface area contributed by atoms with Crippen LogP contribution in [0.3, 0.4) is 0 Å². The maximum Gasteiger partial charge on any atom is 0.230 e. The number of carbonyl (C=O) groups excluding carboxylic acids is 1. The zero-order valence-electron chi connectivity index (χ0n) is 13.5. The number of para-hydroxylation sites is 1. The number of imidazole rings is 1. The van der Waals surface area contributed by atoms with E-state index in [4.69, 9.17) is 5.26 Å². The lowest BCUT2D eigenvalue weighted by Gasteiger charge is -2.09. The number of hydrogen-bond acceptors (Lipinski definition) is 5. The molecule has 1 aliphatic heterocycles. The number of aromatic nitrogens is 3. The van der Waals surface area contributed by atoms with Crippen molar-refractivity contribution in [2.75, 3.05) is 18.4 Å². The van der Waals surface area contributed by atoms with Crippen molar-refractivity contribution < 1.29 is 4.79 Å². The number of pyridine rings is 1. The van der Waals surface area contributed by atoms with Crippen LogP contribution in [-0.4, -0.2) is 38.4 Å². The molecule has 0 spiro atoms. The SMILES string of the molecule is N#CN1CC[C@H](C(=O)Nc2cn(-c3ccnc4ccccc34)cn2)C1. The zero-order chi connectivity index (χ0) is 17.2. The Kier molecular flexibility index (Phi) is 3.78. The molecule has 3 heterocycles. The normalized spacial score (nSPS) is 16.8. The van der Waals surface area contributed by atoms with E-state index in [1.807, 2.05) is 34.9 Å². The standard InChI is InChI=1S/C18H16N6O/c19-11-23-8-6-13(9-23)18(25)22-17-10-24(12-21-17)16-5-7-20-15-4-2-1-3-14(15)16/h1-5,7,10,12-13H,6,8-9H2,(H,22,25)/t13-/m0/s1. The molecule has 3 aromatic rings. The highest BCUT2D eigenvalue weighted by molar-refractivity contribution is 5.92. The predicted octanol–water partition coefficient (Wildman–Crippen LogP) is 2.16. The van der Waals surface area contributed by atoms with Crippen molar-refractivity contribution in [2.45, 2.75) is 6.42 Å². The highest BCUT2D eigenvalue weighted by atomic mass is 16.2. The monoisotopic (exact) mass is 332 g/mol. The summed E-state index contributed by atoms with van der Waals surface area (Å²) in [5, 5.41) is 12.8. The molecule has 0 radical (unpaired) electrons. The summed E-state index contributed by atoms with van der Waals surface area (Å²) in [6.07, 6.45) is 7.99. The molecular formula is C18H16N6O. The molecule has 1 aliphatic rings. The first-order valence-corrected chi connectivity index (χ1v) is 8.08. The Morgan fingerprint density at radius 3 is 3.00 bits per heavy atom. The van der Waals surface area contributed by atoms with Gasteiger partial charge in [-0.3, -0.25) is 9.78 Å². The van der Waals surface area contributed by atoms with Gasteiger partial charge in [0.2, 0.25) is 5.91 Å². The van der Waals surface area contributed by atoms with Crippen LogP contribution >= 0.6 is 0 Å². The van der Waals surface area contributed by atoms with Crippen LogP contribution in [0.1, 0.15) is 6.42 Å². The molecule has 1 atom stereocenters. The second kappa shape index (κ2) is 6.24. The zero-order valence-corrected chi connectivity index (χ0v) is 13.5. The van der Waals surface area contributed by atoms with Gasteiger partial charge in [0.15, 0.2) is 12.0 Å². The topological polar surface area (TPSA) is 86.8 Å². The second-order valence-corrected chi connectivity index (χ2v) is 6.03. The lowest BCUT2D eigenvalue weighted by atomic mass is 10.1. The number of fused-ring (bicyclic) bond motifs is 1. The number of nitrogens with one attached hydrogen (secondary N) is 1. The fraction of sp³-hybridized carbons (Fsp3) is 0.222. The molecule has 0 unspecified atom stereocenters. The highest BCUT2D eigenvalue weighted by Gasteiger charge is 2.28. The first-order valence-electron chi connectivity index (χ1n) is 8.08. The predicted molar refractivity (Wildman–Crippen MR) is 92.8 cm³/mol. The van der Waals surface area contributed by atoms with Crippen LogP contribution < -0.4 is 5.32 Å². The summed E-state index contributed by atoms with van der Waals surface area (Å²) in [6, 6.07) is 9.79. The molecule has 7 heteroatoms. The largest absolute Gasteiger partial charge is 0.310 e. The minimum atomic E-state index is -0.174. The Balaban J connectivity index is 1.54. The van der Waals surface area contributed by atoms with Gasteiger partial charge in [0.25, 0.3) is 0 Å². The van der Waals surface area contributed by atoms with Crippen molar-refractivity contribution >= 4 is 22.6 Å². The number of anilines is 1. The van der Waals surface area contributed by atoms with Crippen LogP contribution in [0.15, 0.2) is 49.1 Å². The van der Waals surface area contributed by atoms with Gasteiger partial charge in [-0.05, 0) is 18.6 Å². The molecular weight excluding hydrogens is 316 g/mol. The van der Waals surface area contributed by atoms with Crippen LogP contribution in [-0.2, 0) is 4.79 Å². The molecule has 25 heavy (non-hydrogen) atoms. The van der Waals surface area contributed by atoms with E-state index in [0.717, 1.165) is 16.6 Å². The third kappa shape index (κ3) is 2.90.